The third-order valence-corrected chi connectivity index (χ3v) is 6.22. The first kappa shape index (κ1) is 19.5. The molecule has 0 aliphatic carbocycles. The van der Waals surface area contributed by atoms with E-state index < -0.39 is 23.5 Å². The number of piperidine rings is 1. The van der Waals surface area contributed by atoms with Crippen molar-refractivity contribution < 1.29 is 13.0 Å². The predicted octanol–water partition coefficient (Wildman–Crippen LogP) is 3.54. The van der Waals surface area contributed by atoms with Crippen molar-refractivity contribution in [3.63, 3.8) is 0 Å². The molecule has 0 radical (unpaired) electrons. The van der Waals surface area contributed by atoms with E-state index in [4.69, 9.17) is 5.73 Å². The number of hydrogen-bond acceptors (Lipinski definition) is 5. The van der Waals surface area contributed by atoms with Crippen molar-refractivity contribution in [3.8, 4) is 22.4 Å². The smallest absolute Gasteiger partial charge is 0.261 e. The molecule has 3 heterocycles. The van der Waals surface area contributed by atoms with Crippen LogP contribution in [-0.2, 0) is 11.0 Å². The molecular weight excluding hydrogens is 396 g/mol. The fourth-order valence-electron chi connectivity index (χ4n) is 3.26. The van der Waals surface area contributed by atoms with Crippen LogP contribution >= 0.6 is 0 Å². The summed E-state index contributed by atoms with van der Waals surface area (Å²) in [6.07, 6.45) is 4.99. The Bertz CT molecular complexity index is 1030. The van der Waals surface area contributed by atoms with E-state index >= 15 is 0 Å². The molecule has 0 saturated carbocycles. The van der Waals surface area contributed by atoms with E-state index in [-0.39, 0.29) is 12.4 Å². The van der Waals surface area contributed by atoms with Crippen molar-refractivity contribution >= 4 is 16.9 Å². The van der Waals surface area contributed by atoms with Gasteiger partial charge in [-0.1, -0.05) is 24.3 Å². The lowest BCUT2D eigenvalue weighted by Gasteiger charge is -2.31. The molecule has 2 N–H and O–H groups in total. The molecule has 6 nitrogen and oxygen atoms in total. The second-order valence-corrected chi connectivity index (χ2v) is 8.28. The molecule has 3 aromatic rings. The lowest BCUT2D eigenvalue weighted by molar-refractivity contribution is -0.0423. The summed E-state index contributed by atoms with van der Waals surface area (Å²) in [5.74, 6) is -2.63. The van der Waals surface area contributed by atoms with Crippen LogP contribution in [0.3, 0.4) is 0 Å². The maximum absolute atomic E-state index is 13.8. The molecule has 0 spiro atoms. The van der Waals surface area contributed by atoms with Crippen LogP contribution in [0.1, 0.15) is 12.8 Å². The molecular formula is C20H19F2N5OS. The van der Waals surface area contributed by atoms with Crippen LogP contribution in [0.5, 0.6) is 0 Å². The van der Waals surface area contributed by atoms with Crippen LogP contribution in [0.25, 0.3) is 22.4 Å². The van der Waals surface area contributed by atoms with Gasteiger partial charge in [-0.05, 0) is 18.6 Å². The number of nitrogens with two attached hydrogens (primary N) is 1. The normalized spacial score (nSPS) is 17.7. The number of nitrogens with zero attached hydrogens (tertiary/aromatic N) is 4. The highest BCUT2D eigenvalue weighted by molar-refractivity contribution is 7.82. The topological polar surface area (TPSA) is 85.0 Å². The Morgan fingerprint density at radius 3 is 2.41 bits per heavy atom. The molecule has 0 amide bonds. The summed E-state index contributed by atoms with van der Waals surface area (Å²) in [6.45, 7) is -0.118. The maximum atomic E-state index is 13.8. The SMILES string of the molecule is Nc1ncc(-c2ccc(-c3ccccc3S(=O)N3CCCC(F)(F)C3)cn2)cn1. The van der Waals surface area contributed by atoms with Crippen molar-refractivity contribution in [2.75, 3.05) is 18.8 Å². The second kappa shape index (κ2) is 7.92. The van der Waals surface area contributed by atoms with Gasteiger partial charge in [0.2, 0.25) is 5.95 Å². The van der Waals surface area contributed by atoms with Crippen molar-refractivity contribution in [2.45, 2.75) is 23.7 Å². The van der Waals surface area contributed by atoms with Gasteiger partial charge in [0.1, 0.15) is 11.0 Å². The highest BCUT2D eigenvalue weighted by atomic mass is 32.2. The van der Waals surface area contributed by atoms with E-state index in [2.05, 4.69) is 15.0 Å². The lowest BCUT2D eigenvalue weighted by atomic mass is 10.1. The summed E-state index contributed by atoms with van der Waals surface area (Å²) >= 11 is 0. The Morgan fingerprint density at radius 2 is 1.72 bits per heavy atom. The summed E-state index contributed by atoms with van der Waals surface area (Å²) in [5, 5.41) is 0. The van der Waals surface area contributed by atoms with Crippen LogP contribution in [-0.4, -0.2) is 42.5 Å². The summed E-state index contributed by atoms with van der Waals surface area (Å²) in [6, 6.07) is 10.8. The monoisotopic (exact) mass is 415 g/mol. The highest BCUT2D eigenvalue weighted by Gasteiger charge is 2.37. The largest absolute Gasteiger partial charge is 0.368 e. The number of aromatic nitrogens is 3. The van der Waals surface area contributed by atoms with E-state index in [1.54, 1.807) is 36.8 Å². The van der Waals surface area contributed by atoms with Gasteiger partial charge in [0.15, 0.2) is 0 Å². The maximum Gasteiger partial charge on any atom is 0.261 e. The van der Waals surface area contributed by atoms with E-state index in [1.807, 2.05) is 18.2 Å². The van der Waals surface area contributed by atoms with Gasteiger partial charge < -0.3 is 5.73 Å². The molecule has 1 fully saturated rings. The molecule has 29 heavy (non-hydrogen) atoms. The number of alkyl halides is 2. The van der Waals surface area contributed by atoms with Gasteiger partial charge in [0.25, 0.3) is 5.92 Å². The van der Waals surface area contributed by atoms with E-state index in [0.29, 0.717) is 29.1 Å². The Hall–Kier alpha value is -2.78. The van der Waals surface area contributed by atoms with E-state index in [1.165, 1.54) is 4.31 Å². The summed E-state index contributed by atoms with van der Waals surface area (Å²) < 4.78 is 42.0. The molecule has 1 saturated heterocycles. The molecule has 2 aromatic heterocycles. The zero-order valence-electron chi connectivity index (χ0n) is 15.5. The number of nitrogen functional groups attached to an aromatic ring is 1. The number of pyridine rings is 1. The fraction of sp³-hybridized carbons (Fsp3) is 0.250. The first-order valence-corrected chi connectivity index (χ1v) is 10.2. The standard InChI is InChI=1S/C20H19F2N5OS/c21-20(22)8-3-9-27(13-20)29(28)18-5-2-1-4-16(18)14-6-7-17(24-10-14)15-11-25-19(23)26-12-15/h1-2,4-7,10-12H,3,8-9,13H2,(H2,23,25,26). The average Bonchev–Trinajstić information content (AvgIpc) is 2.73. The number of benzene rings is 1. The summed E-state index contributed by atoms with van der Waals surface area (Å²) in [4.78, 5) is 12.8. The molecule has 1 aliphatic rings. The molecule has 9 heteroatoms. The zero-order valence-corrected chi connectivity index (χ0v) is 16.3. The van der Waals surface area contributed by atoms with E-state index in [0.717, 1.165) is 11.1 Å². The third-order valence-electron chi connectivity index (χ3n) is 4.71. The number of rotatable bonds is 4. The number of halogens is 2. The summed E-state index contributed by atoms with van der Waals surface area (Å²) in [7, 11) is -1.68. The fourth-order valence-corrected chi connectivity index (χ4v) is 4.71. The minimum absolute atomic E-state index is 0.164. The molecule has 150 valence electrons. The first-order chi connectivity index (χ1) is 13.9. The minimum Gasteiger partial charge on any atom is -0.368 e. The first-order valence-electron chi connectivity index (χ1n) is 9.11. The van der Waals surface area contributed by atoms with Crippen LogP contribution in [0.2, 0.25) is 0 Å². The van der Waals surface area contributed by atoms with Gasteiger partial charge in [0.05, 0.1) is 17.1 Å². The number of hydrogen-bond donors (Lipinski definition) is 1. The van der Waals surface area contributed by atoms with Gasteiger partial charge in [-0.2, -0.15) is 0 Å². The third kappa shape index (κ3) is 4.30. The molecule has 1 unspecified atom stereocenters. The van der Waals surface area contributed by atoms with Gasteiger partial charge >= 0.3 is 0 Å². The average molecular weight is 415 g/mol. The quantitative estimate of drug-likeness (QED) is 0.705. The van der Waals surface area contributed by atoms with Crippen LogP contribution in [0, 0.1) is 0 Å². The Labute approximate surface area is 169 Å². The van der Waals surface area contributed by atoms with Crippen molar-refractivity contribution in [2.24, 2.45) is 0 Å². The van der Waals surface area contributed by atoms with Gasteiger partial charge in [-0.25, -0.2) is 27.3 Å². The van der Waals surface area contributed by atoms with Crippen molar-refractivity contribution in [1.29, 1.82) is 0 Å². The van der Waals surface area contributed by atoms with Gasteiger partial charge in [-0.3, -0.25) is 4.98 Å². The highest BCUT2D eigenvalue weighted by Crippen LogP contribution is 2.32. The summed E-state index contributed by atoms with van der Waals surface area (Å²) in [5.41, 5.74) is 8.34. The number of anilines is 1. The van der Waals surface area contributed by atoms with Crippen molar-refractivity contribution in [3.05, 3.63) is 55.0 Å². The second-order valence-electron chi connectivity index (χ2n) is 6.83. The van der Waals surface area contributed by atoms with Gasteiger partial charge in [-0.15, -0.1) is 0 Å². The Morgan fingerprint density at radius 1 is 1.00 bits per heavy atom. The molecule has 1 aromatic carbocycles. The Balaban J connectivity index is 1.63. The minimum atomic E-state index is -2.81. The molecule has 0 bridgehead atoms. The molecule has 4 rings (SSSR count). The zero-order chi connectivity index (χ0) is 20.4. The van der Waals surface area contributed by atoms with Crippen LogP contribution < -0.4 is 5.73 Å². The predicted molar refractivity (Wildman–Crippen MR) is 107 cm³/mol. The Kier molecular flexibility index (Phi) is 5.33. The van der Waals surface area contributed by atoms with Gasteiger partial charge in [0, 0.05) is 48.2 Å². The van der Waals surface area contributed by atoms with Crippen molar-refractivity contribution in [1.82, 2.24) is 19.3 Å². The van der Waals surface area contributed by atoms with E-state index in [9.17, 15) is 13.0 Å². The lowest BCUT2D eigenvalue weighted by Crippen LogP contribution is -2.43. The van der Waals surface area contributed by atoms with Crippen LogP contribution in [0.15, 0.2) is 59.9 Å². The van der Waals surface area contributed by atoms with Crippen LogP contribution in [0.4, 0.5) is 14.7 Å². The molecule has 1 atom stereocenters. The molecule has 1 aliphatic heterocycles.